The summed E-state index contributed by atoms with van der Waals surface area (Å²) in [6.45, 7) is 0. The molecule has 0 saturated heterocycles. The molecule has 0 atom stereocenters. The van der Waals surface area contributed by atoms with Gasteiger partial charge in [0, 0.05) is 6.07 Å². The van der Waals surface area contributed by atoms with Crippen LogP contribution < -0.4 is 10.5 Å². The van der Waals surface area contributed by atoms with Gasteiger partial charge in [-0.3, -0.25) is 4.72 Å². The summed E-state index contributed by atoms with van der Waals surface area (Å²) in [7, 11) is -3.93. The van der Waals surface area contributed by atoms with Crippen molar-refractivity contribution in [2.45, 2.75) is 4.90 Å². The number of benzene rings is 2. The highest BCUT2D eigenvalue weighted by Crippen LogP contribution is 2.27. The Bertz CT molecular complexity index is 766. The maximum Gasteiger partial charge on any atom is 0.262 e. The molecule has 0 saturated carbocycles. The number of sulfonamides is 1. The van der Waals surface area contributed by atoms with Crippen LogP contribution in [-0.2, 0) is 10.0 Å². The van der Waals surface area contributed by atoms with Gasteiger partial charge in [-0.1, -0.05) is 23.2 Å². The van der Waals surface area contributed by atoms with Gasteiger partial charge >= 0.3 is 0 Å². The third kappa shape index (κ3) is 3.15. The zero-order valence-corrected chi connectivity index (χ0v) is 12.2. The first-order valence-electron chi connectivity index (χ1n) is 5.32. The van der Waals surface area contributed by atoms with E-state index in [0.717, 1.165) is 12.1 Å². The second kappa shape index (κ2) is 5.47. The largest absolute Gasteiger partial charge is 0.397 e. The minimum absolute atomic E-state index is 0.0453. The van der Waals surface area contributed by atoms with Crippen LogP contribution in [0.1, 0.15) is 0 Å². The molecule has 0 spiro atoms. The Morgan fingerprint density at radius 3 is 2.40 bits per heavy atom. The zero-order valence-electron chi connectivity index (χ0n) is 9.90. The molecule has 0 bridgehead atoms. The van der Waals surface area contributed by atoms with Crippen LogP contribution in [0.5, 0.6) is 0 Å². The average molecular weight is 335 g/mol. The molecular formula is C12H9Cl2FN2O2S. The predicted octanol–water partition coefficient (Wildman–Crippen LogP) is 3.52. The minimum Gasteiger partial charge on any atom is -0.397 e. The van der Waals surface area contributed by atoms with Gasteiger partial charge in [0.1, 0.15) is 5.82 Å². The molecule has 3 N–H and O–H groups in total. The lowest BCUT2D eigenvalue weighted by Crippen LogP contribution is -2.14. The van der Waals surface area contributed by atoms with Crippen LogP contribution in [0.3, 0.4) is 0 Å². The lowest BCUT2D eigenvalue weighted by molar-refractivity contribution is 0.601. The Kier molecular flexibility index (Phi) is 4.08. The summed E-state index contributed by atoms with van der Waals surface area (Å²) in [4.78, 5) is -0.101. The summed E-state index contributed by atoms with van der Waals surface area (Å²) in [6, 6.07) is 7.22. The van der Waals surface area contributed by atoms with Crippen LogP contribution in [0.2, 0.25) is 10.0 Å². The summed E-state index contributed by atoms with van der Waals surface area (Å²) >= 11 is 11.5. The van der Waals surface area contributed by atoms with Crippen molar-refractivity contribution >= 4 is 44.6 Å². The molecule has 2 aromatic rings. The summed E-state index contributed by atoms with van der Waals surface area (Å²) in [5.41, 5.74) is 5.65. The van der Waals surface area contributed by atoms with Crippen molar-refractivity contribution in [2.75, 3.05) is 10.5 Å². The van der Waals surface area contributed by atoms with Crippen molar-refractivity contribution in [1.29, 1.82) is 0 Å². The maximum absolute atomic E-state index is 13.1. The van der Waals surface area contributed by atoms with Crippen LogP contribution in [0.15, 0.2) is 41.3 Å². The Hall–Kier alpha value is -1.50. The first-order chi connectivity index (χ1) is 9.29. The van der Waals surface area contributed by atoms with Crippen molar-refractivity contribution in [3.05, 3.63) is 52.3 Å². The van der Waals surface area contributed by atoms with E-state index < -0.39 is 15.8 Å². The monoisotopic (exact) mass is 334 g/mol. The molecule has 0 aliphatic carbocycles. The molecule has 0 aliphatic rings. The highest BCUT2D eigenvalue weighted by Gasteiger charge is 2.17. The van der Waals surface area contributed by atoms with Crippen molar-refractivity contribution in [1.82, 2.24) is 0 Å². The SMILES string of the molecule is Nc1ccc(F)cc1NS(=O)(=O)c1ccc(Cl)c(Cl)c1. The molecule has 0 heterocycles. The molecule has 20 heavy (non-hydrogen) atoms. The van der Waals surface area contributed by atoms with Crippen LogP contribution in [-0.4, -0.2) is 8.42 Å². The van der Waals surface area contributed by atoms with Gasteiger partial charge in [-0.15, -0.1) is 0 Å². The summed E-state index contributed by atoms with van der Waals surface area (Å²) in [5, 5.41) is 0.331. The number of nitrogen functional groups attached to an aromatic ring is 1. The molecule has 4 nitrogen and oxygen atoms in total. The second-order valence-electron chi connectivity index (χ2n) is 3.91. The maximum atomic E-state index is 13.1. The standard InChI is InChI=1S/C12H9Cl2FN2O2S/c13-9-3-2-8(6-10(9)14)20(18,19)17-12-5-7(15)1-4-11(12)16/h1-6,17H,16H2. The average Bonchev–Trinajstić information content (AvgIpc) is 2.36. The summed E-state index contributed by atoms with van der Waals surface area (Å²) < 4.78 is 39.6. The predicted molar refractivity (Wildman–Crippen MR) is 78.1 cm³/mol. The third-order valence-electron chi connectivity index (χ3n) is 2.46. The fourth-order valence-electron chi connectivity index (χ4n) is 1.46. The van der Waals surface area contributed by atoms with Gasteiger partial charge < -0.3 is 5.73 Å². The van der Waals surface area contributed by atoms with E-state index >= 15 is 0 Å². The lowest BCUT2D eigenvalue weighted by atomic mass is 10.3. The van der Waals surface area contributed by atoms with Gasteiger partial charge in [0.25, 0.3) is 10.0 Å². The zero-order chi connectivity index (χ0) is 14.9. The minimum atomic E-state index is -3.93. The van der Waals surface area contributed by atoms with E-state index in [-0.39, 0.29) is 26.3 Å². The number of nitrogens with two attached hydrogens (primary N) is 1. The Labute approximate surface area is 125 Å². The van der Waals surface area contributed by atoms with Gasteiger partial charge in [-0.2, -0.15) is 0 Å². The van der Waals surface area contributed by atoms with Gasteiger partial charge in [0.2, 0.25) is 0 Å². The molecule has 2 aromatic carbocycles. The normalized spacial score (nSPS) is 11.3. The molecule has 0 radical (unpaired) electrons. The number of hydrogen-bond acceptors (Lipinski definition) is 3. The molecule has 8 heteroatoms. The Morgan fingerprint density at radius 2 is 1.75 bits per heavy atom. The molecule has 0 aromatic heterocycles. The van der Waals surface area contributed by atoms with E-state index in [4.69, 9.17) is 28.9 Å². The van der Waals surface area contributed by atoms with E-state index in [1.54, 1.807) is 0 Å². The van der Waals surface area contributed by atoms with Gasteiger partial charge in [-0.25, -0.2) is 12.8 Å². The quantitative estimate of drug-likeness (QED) is 0.843. The van der Waals surface area contributed by atoms with Gasteiger partial charge in [0.15, 0.2) is 0 Å². The molecule has 106 valence electrons. The molecular weight excluding hydrogens is 326 g/mol. The van der Waals surface area contributed by atoms with Crippen molar-refractivity contribution in [2.24, 2.45) is 0 Å². The molecule has 2 rings (SSSR count). The third-order valence-corrected chi connectivity index (χ3v) is 4.56. The van der Waals surface area contributed by atoms with Crippen molar-refractivity contribution in [3.8, 4) is 0 Å². The van der Waals surface area contributed by atoms with Crippen LogP contribution in [0, 0.1) is 5.82 Å². The van der Waals surface area contributed by atoms with E-state index in [2.05, 4.69) is 4.72 Å². The Balaban J connectivity index is 2.40. The van der Waals surface area contributed by atoms with E-state index in [1.165, 1.54) is 24.3 Å². The van der Waals surface area contributed by atoms with E-state index in [0.29, 0.717) is 0 Å². The molecule has 0 amide bonds. The first-order valence-corrected chi connectivity index (χ1v) is 7.56. The molecule has 0 aliphatic heterocycles. The number of anilines is 2. The Morgan fingerprint density at radius 1 is 1.05 bits per heavy atom. The van der Waals surface area contributed by atoms with Crippen LogP contribution in [0.25, 0.3) is 0 Å². The summed E-state index contributed by atoms with van der Waals surface area (Å²) in [5.74, 6) is -0.606. The van der Waals surface area contributed by atoms with E-state index in [1.807, 2.05) is 0 Å². The molecule has 0 fully saturated rings. The summed E-state index contributed by atoms with van der Waals surface area (Å²) in [6.07, 6.45) is 0. The number of nitrogens with one attached hydrogen (secondary N) is 1. The van der Waals surface area contributed by atoms with Crippen molar-refractivity contribution in [3.63, 3.8) is 0 Å². The fourth-order valence-corrected chi connectivity index (χ4v) is 2.93. The number of rotatable bonds is 3. The van der Waals surface area contributed by atoms with Crippen LogP contribution in [0.4, 0.5) is 15.8 Å². The highest BCUT2D eigenvalue weighted by molar-refractivity contribution is 7.92. The van der Waals surface area contributed by atoms with Crippen LogP contribution >= 0.6 is 23.2 Å². The smallest absolute Gasteiger partial charge is 0.262 e. The first kappa shape index (κ1) is 14.9. The second-order valence-corrected chi connectivity index (χ2v) is 6.41. The lowest BCUT2D eigenvalue weighted by Gasteiger charge is -2.11. The van der Waals surface area contributed by atoms with Crippen molar-refractivity contribution < 1.29 is 12.8 Å². The topological polar surface area (TPSA) is 72.2 Å². The fraction of sp³-hybridized carbons (Fsp3) is 0. The van der Waals surface area contributed by atoms with Gasteiger partial charge in [0.05, 0.1) is 26.3 Å². The highest BCUT2D eigenvalue weighted by atomic mass is 35.5. The number of halogens is 3. The van der Waals surface area contributed by atoms with Gasteiger partial charge in [-0.05, 0) is 30.3 Å². The van der Waals surface area contributed by atoms with E-state index in [9.17, 15) is 12.8 Å². The molecule has 0 unspecified atom stereocenters. The number of hydrogen-bond donors (Lipinski definition) is 2.